The first-order chi connectivity index (χ1) is 7.16. The van der Waals surface area contributed by atoms with Crippen LogP contribution in [0.2, 0.25) is 0 Å². The van der Waals surface area contributed by atoms with Crippen molar-refractivity contribution in [3.63, 3.8) is 0 Å². The highest BCUT2D eigenvalue weighted by molar-refractivity contribution is 14.1. The van der Waals surface area contributed by atoms with Crippen LogP contribution in [0.4, 0.5) is 0 Å². The van der Waals surface area contributed by atoms with E-state index in [9.17, 15) is 0 Å². The fourth-order valence-corrected chi connectivity index (χ4v) is 4.37. The van der Waals surface area contributed by atoms with Gasteiger partial charge in [0.1, 0.15) is 0 Å². The molecule has 1 nitrogen and oxygen atoms in total. The van der Waals surface area contributed by atoms with Gasteiger partial charge in [-0.1, -0.05) is 42.4 Å². The normalized spacial score (nSPS) is 47.8. The zero-order valence-electron chi connectivity index (χ0n) is 9.79. The van der Waals surface area contributed by atoms with Crippen LogP contribution in [0, 0.1) is 17.8 Å². The molecule has 2 saturated carbocycles. The van der Waals surface area contributed by atoms with Crippen molar-refractivity contribution in [3.8, 4) is 0 Å². The van der Waals surface area contributed by atoms with Gasteiger partial charge in [-0.15, -0.1) is 0 Å². The van der Waals surface area contributed by atoms with E-state index >= 15 is 0 Å². The van der Waals surface area contributed by atoms with Gasteiger partial charge in [0.15, 0.2) is 0 Å². The predicted octanol–water partition coefficient (Wildman–Crippen LogP) is 3.74. The molecule has 0 spiro atoms. The van der Waals surface area contributed by atoms with Crippen molar-refractivity contribution >= 4 is 22.6 Å². The van der Waals surface area contributed by atoms with Gasteiger partial charge in [-0.25, -0.2) is 0 Å². The SMILES string of the molecule is CC1CCC(C2CCC(N)C(I)C2)CC1. The van der Waals surface area contributed by atoms with Crippen LogP contribution in [0.1, 0.15) is 51.9 Å². The van der Waals surface area contributed by atoms with Gasteiger partial charge in [0.2, 0.25) is 0 Å². The maximum Gasteiger partial charge on any atom is 0.0264 e. The molecule has 88 valence electrons. The smallest absolute Gasteiger partial charge is 0.0264 e. The molecule has 0 aliphatic heterocycles. The van der Waals surface area contributed by atoms with Crippen molar-refractivity contribution in [2.24, 2.45) is 23.5 Å². The van der Waals surface area contributed by atoms with Crippen molar-refractivity contribution in [2.75, 3.05) is 0 Å². The number of hydrogen-bond acceptors (Lipinski definition) is 1. The standard InChI is InChI=1S/C13H24IN/c1-9-2-4-10(5-3-9)11-6-7-13(15)12(14)8-11/h9-13H,2-8,15H2,1H3. The van der Waals surface area contributed by atoms with Crippen molar-refractivity contribution in [3.05, 3.63) is 0 Å². The van der Waals surface area contributed by atoms with Crippen molar-refractivity contribution in [2.45, 2.75) is 61.8 Å². The Morgan fingerprint density at radius 3 is 2.13 bits per heavy atom. The lowest BCUT2D eigenvalue weighted by molar-refractivity contribution is 0.171. The Hall–Kier alpha value is 0.690. The fourth-order valence-electron chi connectivity index (χ4n) is 3.35. The van der Waals surface area contributed by atoms with Gasteiger partial charge in [-0.3, -0.25) is 0 Å². The van der Waals surface area contributed by atoms with Gasteiger partial charge in [0, 0.05) is 9.97 Å². The van der Waals surface area contributed by atoms with Crippen LogP contribution < -0.4 is 5.73 Å². The summed E-state index contributed by atoms with van der Waals surface area (Å²) >= 11 is 2.57. The minimum atomic E-state index is 0.476. The molecule has 2 N–H and O–H groups in total. The summed E-state index contributed by atoms with van der Waals surface area (Å²) in [6.45, 7) is 2.41. The van der Waals surface area contributed by atoms with E-state index in [0.717, 1.165) is 21.7 Å². The van der Waals surface area contributed by atoms with Crippen LogP contribution >= 0.6 is 22.6 Å². The number of rotatable bonds is 1. The zero-order valence-corrected chi connectivity index (χ0v) is 11.9. The lowest BCUT2D eigenvalue weighted by Crippen LogP contribution is -2.39. The second-order valence-corrected chi connectivity index (χ2v) is 7.37. The third-order valence-corrected chi connectivity index (χ3v) is 6.02. The molecule has 0 aromatic heterocycles. The Morgan fingerprint density at radius 1 is 0.933 bits per heavy atom. The summed E-state index contributed by atoms with van der Waals surface area (Å²) in [5.41, 5.74) is 6.08. The number of nitrogens with two attached hydrogens (primary N) is 1. The molecule has 3 atom stereocenters. The molecule has 0 radical (unpaired) electrons. The molecule has 2 heteroatoms. The maximum absolute atomic E-state index is 6.08. The Balaban J connectivity index is 1.84. The van der Waals surface area contributed by atoms with Crippen LogP contribution in [0.25, 0.3) is 0 Å². The van der Waals surface area contributed by atoms with E-state index in [4.69, 9.17) is 5.73 Å². The monoisotopic (exact) mass is 321 g/mol. The molecule has 0 amide bonds. The molecule has 0 heterocycles. The zero-order chi connectivity index (χ0) is 10.8. The van der Waals surface area contributed by atoms with E-state index in [0.29, 0.717) is 6.04 Å². The second-order valence-electron chi connectivity index (χ2n) is 5.77. The van der Waals surface area contributed by atoms with Gasteiger partial charge >= 0.3 is 0 Å². The molecule has 2 aliphatic carbocycles. The van der Waals surface area contributed by atoms with Crippen molar-refractivity contribution < 1.29 is 0 Å². The summed E-state index contributed by atoms with van der Waals surface area (Å²) in [5, 5.41) is 0. The number of alkyl halides is 1. The lowest BCUT2D eigenvalue weighted by atomic mass is 9.70. The second kappa shape index (κ2) is 5.35. The van der Waals surface area contributed by atoms with Crippen LogP contribution in [0.5, 0.6) is 0 Å². The molecule has 0 aromatic rings. The molecule has 2 aliphatic rings. The summed E-state index contributed by atoms with van der Waals surface area (Å²) in [6, 6.07) is 0.476. The van der Waals surface area contributed by atoms with E-state index in [1.165, 1.54) is 44.9 Å². The highest BCUT2D eigenvalue weighted by Gasteiger charge is 2.32. The molecular weight excluding hydrogens is 297 g/mol. The first-order valence-corrected chi connectivity index (χ1v) is 7.81. The Bertz CT molecular complexity index is 199. The van der Waals surface area contributed by atoms with E-state index in [1.54, 1.807) is 0 Å². The van der Waals surface area contributed by atoms with E-state index in [1.807, 2.05) is 0 Å². The van der Waals surface area contributed by atoms with Crippen LogP contribution in [0.15, 0.2) is 0 Å². The molecule has 15 heavy (non-hydrogen) atoms. The Morgan fingerprint density at radius 2 is 1.53 bits per heavy atom. The molecule has 0 saturated heterocycles. The van der Waals surface area contributed by atoms with E-state index < -0.39 is 0 Å². The minimum absolute atomic E-state index is 0.476. The van der Waals surface area contributed by atoms with Gasteiger partial charge in [-0.05, 0) is 49.9 Å². The summed E-state index contributed by atoms with van der Waals surface area (Å²) in [5.74, 6) is 3.02. The highest BCUT2D eigenvalue weighted by Crippen LogP contribution is 2.41. The van der Waals surface area contributed by atoms with Gasteiger partial charge in [0.25, 0.3) is 0 Å². The summed E-state index contributed by atoms with van der Waals surface area (Å²) in [7, 11) is 0. The number of halogens is 1. The molecular formula is C13H24IN. The van der Waals surface area contributed by atoms with Crippen LogP contribution in [0.3, 0.4) is 0 Å². The molecule has 2 rings (SSSR count). The van der Waals surface area contributed by atoms with Gasteiger partial charge in [0.05, 0.1) is 0 Å². The molecule has 0 bridgehead atoms. The molecule has 3 unspecified atom stereocenters. The summed E-state index contributed by atoms with van der Waals surface area (Å²) in [6.07, 6.45) is 9.98. The molecule has 2 fully saturated rings. The Labute approximate surface area is 108 Å². The largest absolute Gasteiger partial charge is 0.327 e. The van der Waals surface area contributed by atoms with Crippen molar-refractivity contribution in [1.29, 1.82) is 0 Å². The van der Waals surface area contributed by atoms with Gasteiger partial charge in [-0.2, -0.15) is 0 Å². The Kier molecular flexibility index (Phi) is 4.33. The predicted molar refractivity (Wildman–Crippen MR) is 74.2 cm³/mol. The number of hydrogen-bond donors (Lipinski definition) is 1. The summed E-state index contributed by atoms with van der Waals surface area (Å²) < 4.78 is 0.737. The maximum atomic E-state index is 6.08. The fraction of sp³-hybridized carbons (Fsp3) is 1.00. The summed E-state index contributed by atoms with van der Waals surface area (Å²) in [4.78, 5) is 0. The first-order valence-electron chi connectivity index (χ1n) is 6.56. The third kappa shape index (κ3) is 3.09. The highest BCUT2D eigenvalue weighted by atomic mass is 127. The third-order valence-electron chi connectivity index (χ3n) is 4.59. The topological polar surface area (TPSA) is 26.0 Å². The quantitative estimate of drug-likeness (QED) is 0.578. The lowest BCUT2D eigenvalue weighted by Gasteiger charge is -2.38. The van der Waals surface area contributed by atoms with Crippen molar-refractivity contribution in [1.82, 2.24) is 0 Å². The average molecular weight is 321 g/mol. The first kappa shape index (κ1) is 12.2. The van der Waals surface area contributed by atoms with E-state index in [2.05, 4.69) is 29.5 Å². The van der Waals surface area contributed by atoms with Gasteiger partial charge < -0.3 is 5.73 Å². The van der Waals surface area contributed by atoms with Crippen LogP contribution in [-0.2, 0) is 0 Å². The van der Waals surface area contributed by atoms with Crippen LogP contribution in [-0.4, -0.2) is 9.97 Å². The van der Waals surface area contributed by atoms with E-state index in [-0.39, 0.29) is 0 Å². The minimum Gasteiger partial charge on any atom is -0.327 e. The average Bonchev–Trinajstić information content (AvgIpc) is 2.23. The molecule has 0 aromatic carbocycles.